The van der Waals surface area contributed by atoms with Crippen LogP contribution in [-0.2, 0) is 9.53 Å². The van der Waals surface area contributed by atoms with Crippen LogP contribution < -0.4 is 5.32 Å². The summed E-state index contributed by atoms with van der Waals surface area (Å²) in [5.74, 6) is 0.732. The van der Waals surface area contributed by atoms with Gasteiger partial charge in [0, 0.05) is 32.0 Å². The van der Waals surface area contributed by atoms with Crippen molar-refractivity contribution in [3.8, 4) is 0 Å². The molecule has 2 heterocycles. The molecule has 0 radical (unpaired) electrons. The van der Waals surface area contributed by atoms with E-state index in [0.717, 1.165) is 39.0 Å². The standard InChI is InChI=1S/C10H17NO2/c12-10(8-6-11-7-8)4-3-9-2-1-5-13-9/h8-9,11H,1-7H2. The zero-order valence-electron chi connectivity index (χ0n) is 7.92. The van der Waals surface area contributed by atoms with E-state index in [4.69, 9.17) is 4.74 Å². The molecule has 0 aromatic rings. The van der Waals surface area contributed by atoms with E-state index < -0.39 is 0 Å². The van der Waals surface area contributed by atoms with Crippen molar-refractivity contribution in [1.29, 1.82) is 0 Å². The predicted octanol–water partition coefficient (Wildman–Crippen LogP) is 0.734. The highest BCUT2D eigenvalue weighted by Gasteiger charge is 2.25. The van der Waals surface area contributed by atoms with Crippen molar-refractivity contribution in [2.45, 2.75) is 31.8 Å². The summed E-state index contributed by atoms with van der Waals surface area (Å²) < 4.78 is 5.47. The Morgan fingerprint density at radius 1 is 1.46 bits per heavy atom. The van der Waals surface area contributed by atoms with Crippen molar-refractivity contribution < 1.29 is 9.53 Å². The normalized spacial score (nSPS) is 28.8. The van der Waals surface area contributed by atoms with Crippen molar-refractivity contribution in [3.63, 3.8) is 0 Å². The van der Waals surface area contributed by atoms with E-state index in [1.807, 2.05) is 0 Å². The van der Waals surface area contributed by atoms with E-state index in [1.165, 1.54) is 6.42 Å². The zero-order valence-corrected chi connectivity index (χ0v) is 7.92. The number of hydrogen-bond donors (Lipinski definition) is 1. The average Bonchev–Trinajstić information content (AvgIpc) is 2.49. The molecule has 2 rings (SSSR count). The van der Waals surface area contributed by atoms with Crippen LogP contribution in [0.25, 0.3) is 0 Å². The summed E-state index contributed by atoms with van der Waals surface area (Å²) in [6.07, 6.45) is 4.35. The molecule has 1 unspecified atom stereocenters. The van der Waals surface area contributed by atoms with Crippen LogP contribution >= 0.6 is 0 Å². The molecule has 0 aromatic heterocycles. The Bertz CT molecular complexity index is 183. The van der Waals surface area contributed by atoms with Gasteiger partial charge in [-0.15, -0.1) is 0 Å². The number of rotatable bonds is 4. The summed E-state index contributed by atoms with van der Waals surface area (Å²) >= 11 is 0. The second kappa shape index (κ2) is 4.20. The molecule has 74 valence electrons. The van der Waals surface area contributed by atoms with Crippen LogP contribution in [0, 0.1) is 5.92 Å². The first-order valence-corrected chi connectivity index (χ1v) is 5.21. The molecular weight excluding hydrogens is 166 g/mol. The minimum absolute atomic E-state index is 0.307. The maximum atomic E-state index is 11.5. The Morgan fingerprint density at radius 3 is 2.85 bits per heavy atom. The number of Topliss-reactive ketones (excluding diaryl/α,β-unsaturated/α-hetero) is 1. The summed E-state index contributed by atoms with van der Waals surface area (Å²) in [5, 5.41) is 3.12. The third kappa shape index (κ3) is 2.29. The van der Waals surface area contributed by atoms with Crippen molar-refractivity contribution in [1.82, 2.24) is 5.32 Å². The Morgan fingerprint density at radius 2 is 2.31 bits per heavy atom. The summed E-state index contributed by atoms with van der Waals surface area (Å²) in [4.78, 5) is 11.5. The highest BCUT2D eigenvalue weighted by molar-refractivity contribution is 5.82. The summed E-state index contributed by atoms with van der Waals surface area (Å²) in [6, 6.07) is 0. The fraction of sp³-hybridized carbons (Fsp3) is 0.900. The lowest BCUT2D eigenvalue weighted by molar-refractivity contribution is -0.124. The van der Waals surface area contributed by atoms with Crippen LogP contribution in [0.2, 0.25) is 0 Å². The monoisotopic (exact) mass is 183 g/mol. The number of hydrogen-bond acceptors (Lipinski definition) is 3. The molecule has 0 aliphatic carbocycles. The van der Waals surface area contributed by atoms with E-state index in [-0.39, 0.29) is 0 Å². The number of carbonyl (C=O) groups excluding carboxylic acids is 1. The Kier molecular flexibility index (Phi) is 2.96. The van der Waals surface area contributed by atoms with Crippen LogP contribution in [0.3, 0.4) is 0 Å². The van der Waals surface area contributed by atoms with Crippen LogP contribution in [0.1, 0.15) is 25.7 Å². The first-order chi connectivity index (χ1) is 6.36. The fourth-order valence-electron chi connectivity index (χ4n) is 1.90. The SMILES string of the molecule is O=C(CCC1CCCO1)C1CNC1. The minimum atomic E-state index is 0.307. The van der Waals surface area contributed by atoms with Crippen LogP contribution in [0.4, 0.5) is 0 Å². The fourth-order valence-corrected chi connectivity index (χ4v) is 1.90. The smallest absolute Gasteiger partial charge is 0.138 e. The van der Waals surface area contributed by atoms with Gasteiger partial charge in [0.1, 0.15) is 5.78 Å². The van der Waals surface area contributed by atoms with Gasteiger partial charge >= 0.3 is 0 Å². The van der Waals surface area contributed by atoms with Crippen LogP contribution in [-0.4, -0.2) is 31.6 Å². The first kappa shape index (κ1) is 9.16. The molecular formula is C10H17NO2. The average molecular weight is 183 g/mol. The van der Waals surface area contributed by atoms with E-state index in [0.29, 0.717) is 17.8 Å². The Balaban J connectivity index is 1.63. The number of nitrogens with one attached hydrogen (secondary N) is 1. The summed E-state index contributed by atoms with van der Waals surface area (Å²) in [7, 11) is 0. The second-order valence-corrected chi connectivity index (χ2v) is 4.00. The molecule has 2 aliphatic heterocycles. The maximum absolute atomic E-state index is 11.5. The maximum Gasteiger partial charge on any atom is 0.138 e. The largest absolute Gasteiger partial charge is 0.378 e. The molecule has 2 aliphatic rings. The van der Waals surface area contributed by atoms with Gasteiger partial charge in [0.25, 0.3) is 0 Å². The van der Waals surface area contributed by atoms with E-state index >= 15 is 0 Å². The van der Waals surface area contributed by atoms with E-state index in [1.54, 1.807) is 0 Å². The first-order valence-electron chi connectivity index (χ1n) is 5.21. The number of ether oxygens (including phenoxy) is 1. The van der Waals surface area contributed by atoms with Crippen LogP contribution in [0.5, 0.6) is 0 Å². The Labute approximate surface area is 78.8 Å². The van der Waals surface area contributed by atoms with Crippen molar-refractivity contribution in [2.24, 2.45) is 5.92 Å². The van der Waals surface area contributed by atoms with Gasteiger partial charge < -0.3 is 10.1 Å². The molecule has 0 aromatic carbocycles. The molecule has 1 atom stereocenters. The van der Waals surface area contributed by atoms with Gasteiger partial charge in [0.15, 0.2) is 0 Å². The summed E-state index contributed by atoms with van der Waals surface area (Å²) in [6.45, 7) is 2.68. The van der Waals surface area contributed by atoms with Gasteiger partial charge in [-0.2, -0.15) is 0 Å². The van der Waals surface area contributed by atoms with Crippen LogP contribution in [0.15, 0.2) is 0 Å². The molecule has 3 heteroatoms. The number of carbonyl (C=O) groups is 1. The lowest BCUT2D eigenvalue weighted by Crippen LogP contribution is -2.46. The molecule has 13 heavy (non-hydrogen) atoms. The summed E-state index contributed by atoms with van der Waals surface area (Å²) in [5.41, 5.74) is 0. The number of ketones is 1. The highest BCUT2D eigenvalue weighted by Crippen LogP contribution is 2.18. The molecule has 0 saturated carbocycles. The molecule has 0 spiro atoms. The lowest BCUT2D eigenvalue weighted by Gasteiger charge is -2.25. The third-order valence-corrected chi connectivity index (χ3v) is 2.97. The molecule has 2 saturated heterocycles. The van der Waals surface area contributed by atoms with Gasteiger partial charge in [0.2, 0.25) is 0 Å². The molecule has 0 amide bonds. The second-order valence-electron chi connectivity index (χ2n) is 4.00. The quantitative estimate of drug-likeness (QED) is 0.698. The lowest BCUT2D eigenvalue weighted by atomic mass is 9.94. The van der Waals surface area contributed by atoms with E-state index in [2.05, 4.69) is 5.32 Å². The van der Waals surface area contributed by atoms with Crippen molar-refractivity contribution in [2.75, 3.05) is 19.7 Å². The third-order valence-electron chi connectivity index (χ3n) is 2.97. The predicted molar refractivity (Wildman–Crippen MR) is 49.6 cm³/mol. The topological polar surface area (TPSA) is 38.3 Å². The Hall–Kier alpha value is -0.410. The van der Waals surface area contributed by atoms with Gasteiger partial charge in [-0.25, -0.2) is 0 Å². The van der Waals surface area contributed by atoms with Gasteiger partial charge in [0.05, 0.1) is 6.10 Å². The molecule has 0 bridgehead atoms. The van der Waals surface area contributed by atoms with Crippen molar-refractivity contribution >= 4 is 5.78 Å². The van der Waals surface area contributed by atoms with E-state index in [9.17, 15) is 4.79 Å². The van der Waals surface area contributed by atoms with Crippen molar-refractivity contribution in [3.05, 3.63) is 0 Å². The molecule has 3 nitrogen and oxygen atoms in total. The molecule has 2 fully saturated rings. The van der Waals surface area contributed by atoms with Gasteiger partial charge in [-0.1, -0.05) is 0 Å². The molecule has 1 N–H and O–H groups in total. The minimum Gasteiger partial charge on any atom is -0.378 e. The zero-order chi connectivity index (χ0) is 9.10. The van der Waals surface area contributed by atoms with Gasteiger partial charge in [-0.3, -0.25) is 4.79 Å². The highest BCUT2D eigenvalue weighted by atomic mass is 16.5. The van der Waals surface area contributed by atoms with Gasteiger partial charge in [-0.05, 0) is 19.3 Å².